The van der Waals surface area contributed by atoms with E-state index in [1.165, 1.54) is 4.90 Å². The van der Waals surface area contributed by atoms with Crippen molar-refractivity contribution in [2.24, 2.45) is 0 Å². The molecule has 0 unspecified atom stereocenters. The summed E-state index contributed by atoms with van der Waals surface area (Å²) in [5.74, 6) is -0.0482. The number of amides is 2. The molecule has 0 aliphatic heterocycles. The number of anilines is 1. The van der Waals surface area contributed by atoms with Gasteiger partial charge in [-0.25, -0.2) is 0 Å². The molecule has 1 N–H and O–H groups in total. The van der Waals surface area contributed by atoms with Gasteiger partial charge >= 0.3 is 5.97 Å². The highest BCUT2D eigenvalue weighted by Gasteiger charge is 2.33. The summed E-state index contributed by atoms with van der Waals surface area (Å²) in [6, 6.07) is 1.68. The first kappa shape index (κ1) is 17.0. The standard InChI is InChI=1S/C15H21N3O5/c1-3-22-15(21)7-6-14(20)18(11-4-5-11)9-13(19)16-12-8-10(2)23-17-12/h8,11H,3-7,9H2,1-2H3,(H,16,17,19). The van der Waals surface area contributed by atoms with Crippen molar-refractivity contribution >= 4 is 23.6 Å². The van der Waals surface area contributed by atoms with Crippen LogP contribution >= 0.6 is 0 Å². The summed E-state index contributed by atoms with van der Waals surface area (Å²) >= 11 is 0. The molecule has 0 spiro atoms. The Morgan fingerprint density at radius 3 is 2.70 bits per heavy atom. The maximum absolute atomic E-state index is 12.2. The second-order valence-corrected chi connectivity index (χ2v) is 5.43. The highest BCUT2D eigenvalue weighted by Crippen LogP contribution is 2.27. The van der Waals surface area contributed by atoms with Crippen LogP contribution < -0.4 is 5.32 Å². The SMILES string of the molecule is CCOC(=O)CCC(=O)N(CC(=O)Nc1cc(C)on1)C1CC1. The summed E-state index contributed by atoms with van der Waals surface area (Å²) < 4.78 is 9.67. The van der Waals surface area contributed by atoms with Crippen LogP contribution in [0.2, 0.25) is 0 Å². The van der Waals surface area contributed by atoms with Gasteiger partial charge in [-0.3, -0.25) is 14.4 Å². The molecule has 23 heavy (non-hydrogen) atoms. The smallest absolute Gasteiger partial charge is 0.306 e. The highest BCUT2D eigenvalue weighted by molar-refractivity contribution is 5.94. The lowest BCUT2D eigenvalue weighted by molar-refractivity contribution is -0.146. The Labute approximate surface area is 134 Å². The van der Waals surface area contributed by atoms with Crippen LogP contribution in [0.4, 0.5) is 5.82 Å². The first-order valence-corrected chi connectivity index (χ1v) is 7.68. The minimum Gasteiger partial charge on any atom is -0.466 e. The molecule has 1 saturated carbocycles. The van der Waals surface area contributed by atoms with Crippen LogP contribution in [0.1, 0.15) is 38.4 Å². The van der Waals surface area contributed by atoms with Crippen LogP contribution in [0.15, 0.2) is 10.6 Å². The fraction of sp³-hybridized carbons (Fsp3) is 0.600. The third-order valence-electron chi connectivity index (χ3n) is 3.37. The average Bonchev–Trinajstić information content (AvgIpc) is 3.26. The van der Waals surface area contributed by atoms with E-state index in [9.17, 15) is 14.4 Å². The highest BCUT2D eigenvalue weighted by atomic mass is 16.5. The first-order valence-electron chi connectivity index (χ1n) is 7.68. The summed E-state index contributed by atoms with van der Waals surface area (Å²) in [5.41, 5.74) is 0. The van der Waals surface area contributed by atoms with Crippen molar-refractivity contribution in [3.63, 3.8) is 0 Å². The molecule has 8 nitrogen and oxygen atoms in total. The van der Waals surface area contributed by atoms with Gasteiger partial charge in [0.15, 0.2) is 5.82 Å². The van der Waals surface area contributed by atoms with Crippen LogP contribution in [-0.4, -0.2) is 47.0 Å². The Hall–Kier alpha value is -2.38. The minimum absolute atomic E-state index is 0.0278. The van der Waals surface area contributed by atoms with Gasteiger partial charge in [0, 0.05) is 18.5 Å². The van der Waals surface area contributed by atoms with E-state index < -0.39 is 5.97 Å². The number of carbonyl (C=O) groups is 3. The van der Waals surface area contributed by atoms with Crippen molar-refractivity contribution in [1.29, 1.82) is 0 Å². The zero-order valence-electron chi connectivity index (χ0n) is 13.3. The van der Waals surface area contributed by atoms with Gasteiger partial charge in [0.05, 0.1) is 13.0 Å². The number of aromatic nitrogens is 1. The zero-order valence-corrected chi connectivity index (χ0v) is 13.3. The van der Waals surface area contributed by atoms with E-state index >= 15 is 0 Å². The van der Waals surface area contributed by atoms with Crippen LogP contribution in [-0.2, 0) is 19.1 Å². The lowest BCUT2D eigenvalue weighted by Gasteiger charge is -2.21. The minimum atomic E-state index is -0.404. The van der Waals surface area contributed by atoms with Gasteiger partial charge in [0.2, 0.25) is 11.8 Å². The first-order chi connectivity index (χ1) is 11.0. The number of carbonyl (C=O) groups excluding carboxylic acids is 3. The fourth-order valence-electron chi connectivity index (χ4n) is 2.16. The number of aryl methyl sites for hydroxylation is 1. The summed E-state index contributed by atoms with van der Waals surface area (Å²) in [4.78, 5) is 37.1. The molecule has 1 aromatic heterocycles. The molecule has 0 atom stereocenters. The lowest BCUT2D eigenvalue weighted by atomic mass is 10.2. The topological polar surface area (TPSA) is 102 Å². The fourth-order valence-corrected chi connectivity index (χ4v) is 2.16. The molecule has 0 aromatic carbocycles. The van der Waals surface area contributed by atoms with E-state index in [1.54, 1.807) is 19.9 Å². The van der Waals surface area contributed by atoms with E-state index in [0.29, 0.717) is 18.2 Å². The predicted molar refractivity (Wildman–Crippen MR) is 80.5 cm³/mol. The molecular weight excluding hydrogens is 302 g/mol. The van der Waals surface area contributed by atoms with Crippen LogP contribution in [0.25, 0.3) is 0 Å². The Morgan fingerprint density at radius 1 is 1.39 bits per heavy atom. The van der Waals surface area contributed by atoms with Crippen molar-refractivity contribution in [2.75, 3.05) is 18.5 Å². The number of nitrogens with zero attached hydrogens (tertiary/aromatic N) is 2. The van der Waals surface area contributed by atoms with Crippen LogP contribution in [0.5, 0.6) is 0 Å². The van der Waals surface area contributed by atoms with Gasteiger partial charge in [-0.15, -0.1) is 0 Å². The number of hydrogen-bond donors (Lipinski definition) is 1. The second kappa shape index (κ2) is 7.75. The predicted octanol–water partition coefficient (Wildman–Crippen LogP) is 1.26. The molecule has 2 amide bonds. The van der Waals surface area contributed by atoms with E-state index in [4.69, 9.17) is 9.26 Å². The average molecular weight is 323 g/mol. The maximum atomic E-state index is 12.2. The van der Waals surface area contributed by atoms with Crippen molar-refractivity contribution in [3.8, 4) is 0 Å². The molecule has 0 radical (unpaired) electrons. The van der Waals surface area contributed by atoms with Crippen LogP contribution in [0.3, 0.4) is 0 Å². The molecule has 126 valence electrons. The summed E-state index contributed by atoms with van der Waals surface area (Å²) in [7, 11) is 0. The van der Waals surface area contributed by atoms with Gasteiger partial charge in [0.1, 0.15) is 12.3 Å². The quantitative estimate of drug-likeness (QED) is 0.723. The van der Waals surface area contributed by atoms with Gasteiger partial charge in [-0.2, -0.15) is 0 Å². The van der Waals surface area contributed by atoms with Gasteiger partial charge < -0.3 is 19.5 Å². The zero-order chi connectivity index (χ0) is 16.8. The molecule has 1 aromatic rings. The second-order valence-electron chi connectivity index (χ2n) is 5.43. The molecule has 1 fully saturated rings. The molecule has 0 saturated heterocycles. The Morgan fingerprint density at radius 2 is 2.13 bits per heavy atom. The van der Waals surface area contributed by atoms with Crippen molar-refractivity contribution in [1.82, 2.24) is 10.1 Å². The molecule has 1 heterocycles. The Bertz CT molecular complexity index is 579. The molecular formula is C15H21N3O5. The van der Waals surface area contributed by atoms with Gasteiger partial charge in [-0.05, 0) is 26.7 Å². The monoisotopic (exact) mass is 323 g/mol. The number of hydrogen-bond acceptors (Lipinski definition) is 6. The molecule has 1 aliphatic rings. The summed E-state index contributed by atoms with van der Waals surface area (Å²) in [6.07, 6.45) is 1.83. The third kappa shape index (κ3) is 5.39. The van der Waals surface area contributed by atoms with Crippen molar-refractivity contribution in [3.05, 3.63) is 11.8 Å². The molecule has 0 bridgehead atoms. The van der Waals surface area contributed by atoms with Crippen molar-refractivity contribution in [2.45, 2.75) is 45.6 Å². The van der Waals surface area contributed by atoms with Gasteiger partial charge in [0.25, 0.3) is 0 Å². The summed E-state index contributed by atoms with van der Waals surface area (Å²) in [6.45, 7) is 3.67. The number of ether oxygens (including phenoxy) is 1. The Balaban J connectivity index is 1.84. The third-order valence-corrected chi connectivity index (χ3v) is 3.37. The van der Waals surface area contributed by atoms with E-state index in [-0.39, 0.29) is 37.2 Å². The summed E-state index contributed by atoms with van der Waals surface area (Å²) in [5, 5.41) is 6.26. The van der Waals surface area contributed by atoms with E-state index in [0.717, 1.165) is 12.8 Å². The van der Waals surface area contributed by atoms with Crippen molar-refractivity contribution < 1.29 is 23.6 Å². The molecule has 2 rings (SSSR count). The number of nitrogens with one attached hydrogen (secondary N) is 1. The lowest BCUT2D eigenvalue weighted by Crippen LogP contribution is -2.39. The van der Waals surface area contributed by atoms with Gasteiger partial charge in [-0.1, -0.05) is 5.16 Å². The Kier molecular flexibility index (Phi) is 5.72. The maximum Gasteiger partial charge on any atom is 0.306 e. The number of rotatable bonds is 8. The molecule has 8 heteroatoms. The molecule has 1 aliphatic carbocycles. The van der Waals surface area contributed by atoms with E-state index in [1.807, 2.05) is 0 Å². The van der Waals surface area contributed by atoms with E-state index in [2.05, 4.69) is 10.5 Å². The normalized spacial score (nSPS) is 13.5. The van der Waals surface area contributed by atoms with Crippen LogP contribution in [0, 0.1) is 6.92 Å². The number of esters is 1. The largest absolute Gasteiger partial charge is 0.466 e.